The van der Waals surface area contributed by atoms with Gasteiger partial charge in [-0.3, -0.25) is 9.69 Å². The summed E-state index contributed by atoms with van der Waals surface area (Å²) in [6, 6.07) is 22.4. The van der Waals surface area contributed by atoms with Gasteiger partial charge < -0.3 is 4.90 Å². The first-order chi connectivity index (χ1) is 15.3. The lowest BCUT2D eigenvalue weighted by atomic mass is 10.2. The first-order valence-electron chi connectivity index (χ1n) is 11.2. The molecule has 5 heteroatoms. The third-order valence-corrected chi connectivity index (χ3v) is 6.08. The number of para-hydroxylation sites is 1. The molecular formula is C26H28N4O. The number of benzene rings is 2. The summed E-state index contributed by atoms with van der Waals surface area (Å²) in [4.78, 5) is 17.8. The van der Waals surface area contributed by atoms with E-state index in [1.165, 1.54) is 18.4 Å². The SMILES string of the molecule is O=C(c1cc(C2CC2)nn1-c1ccccc1)N1CCN(CC=Cc2ccccc2)CC1. The van der Waals surface area contributed by atoms with E-state index < -0.39 is 0 Å². The summed E-state index contributed by atoms with van der Waals surface area (Å²) in [6.07, 6.45) is 6.72. The molecule has 1 aromatic heterocycles. The van der Waals surface area contributed by atoms with E-state index in [0.29, 0.717) is 11.6 Å². The lowest BCUT2D eigenvalue weighted by Gasteiger charge is -2.34. The van der Waals surface area contributed by atoms with Crippen LogP contribution in [-0.2, 0) is 0 Å². The van der Waals surface area contributed by atoms with Gasteiger partial charge in [0, 0.05) is 38.6 Å². The topological polar surface area (TPSA) is 41.4 Å². The average molecular weight is 413 g/mol. The minimum absolute atomic E-state index is 0.0859. The van der Waals surface area contributed by atoms with Crippen LogP contribution >= 0.6 is 0 Å². The van der Waals surface area contributed by atoms with Gasteiger partial charge in [0.15, 0.2) is 0 Å². The van der Waals surface area contributed by atoms with Crippen LogP contribution in [0.5, 0.6) is 0 Å². The zero-order valence-electron chi connectivity index (χ0n) is 17.7. The van der Waals surface area contributed by atoms with Crippen molar-refractivity contribution in [3.63, 3.8) is 0 Å². The molecule has 1 saturated heterocycles. The molecule has 1 amide bonds. The van der Waals surface area contributed by atoms with Crippen LogP contribution in [0.15, 0.2) is 72.8 Å². The van der Waals surface area contributed by atoms with Gasteiger partial charge in [-0.2, -0.15) is 5.10 Å². The Morgan fingerprint density at radius 2 is 1.61 bits per heavy atom. The number of carbonyl (C=O) groups is 1. The van der Waals surface area contributed by atoms with Crippen LogP contribution < -0.4 is 0 Å². The standard InChI is InChI=1S/C26H28N4O/c31-26(25-20-24(22-13-14-22)27-30(25)23-11-5-2-6-12-23)29-18-16-28(17-19-29)15-7-10-21-8-3-1-4-9-21/h1-12,20,22H,13-19H2. The first-order valence-corrected chi connectivity index (χ1v) is 11.2. The third kappa shape index (κ3) is 4.62. The van der Waals surface area contributed by atoms with Crippen molar-refractivity contribution in [1.29, 1.82) is 0 Å². The van der Waals surface area contributed by atoms with E-state index in [1.54, 1.807) is 0 Å². The Labute approximate surface area is 183 Å². The van der Waals surface area contributed by atoms with Crippen LogP contribution in [0.4, 0.5) is 0 Å². The Kier molecular flexibility index (Phi) is 5.67. The van der Waals surface area contributed by atoms with Gasteiger partial charge >= 0.3 is 0 Å². The summed E-state index contributed by atoms with van der Waals surface area (Å²) in [5.74, 6) is 0.604. The van der Waals surface area contributed by atoms with E-state index in [-0.39, 0.29) is 5.91 Å². The van der Waals surface area contributed by atoms with Gasteiger partial charge in [-0.1, -0.05) is 60.7 Å². The fraction of sp³-hybridized carbons (Fsp3) is 0.308. The summed E-state index contributed by atoms with van der Waals surface area (Å²) >= 11 is 0. The number of amides is 1. The van der Waals surface area contributed by atoms with Gasteiger partial charge in [0.05, 0.1) is 11.4 Å². The molecule has 0 N–H and O–H groups in total. The number of carbonyl (C=O) groups excluding carboxylic acids is 1. The second-order valence-corrected chi connectivity index (χ2v) is 8.38. The van der Waals surface area contributed by atoms with Crippen molar-refractivity contribution in [3.8, 4) is 5.69 Å². The summed E-state index contributed by atoms with van der Waals surface area (Å²) in [7, 11) is 0. The maximum absolute atomic E-state index is 13.4. The molecule has 1 saturated carbocycles. The number of rotatable bonds is 6. The van der Waals surface area contributed by atoms with Crippen LogP contribution in [0.3, 0.4) is 0 Å². The van der Waals surface area contributed by atoms with E-state index in [2.05, 4.69) is 41.3 Å². The number of piperazine rings is 1. The number of hydrogen-bond acceptors (Lipinski definition) is 3. The molecule has 5 nitrogen and oxygen atoms in total. The highest BCUT2D eigenvalue weighted by atomic mass is 16.2. The van der Waals surface area contributed by atoms with Crippen molar-refractivity contribution < 1.29 is 4.79 Å². The Hall–Kier alpha value is -3.18. The molecule has 5 rings (SSSR count). The molecule has 158 valence electrons. The maximum Gasteiger partial charge on any atom is 0.272 e. The van der Waals surface area contributed by atoms with Crippen molar-refractivity contribution in [2.45, 2.75) is 18.8 Å². The average Bonchev–Trinajstić information content (AvgIpc) is 3.59. The molecule has 3 aromatic rings. The molecule has 31 heavy (non-hydrogen) atoms. The molecule has 0 spiro atoms. The molecule has 0 radical (unpaired) electrons. The van der Waals surface area contributed by atoms with Gasteiger partial charge in [0.25, 0.3) is 5.91 Å². The van der Waals surface area contributed by atoms with Crippen LogP contribution in [-0.4, -0.2) is 58.2 Å². The van der Waals surface area contributed by atoms with Gasteiger partial charge in [0.1, 0.15) is 5.69 Å². The zero-order chi connectivity index (χ0) is 21.0. The molecule has 0 unspecified atom stereocenters. The highest BCUT2D eigenvalue weighted by molar-refractivity contribution is 5.93. The fourth-order valence-electron chi connectivity index (χ4n) is 4.09. The Bertz CT molecular complexity index is 1050. The van der Waals surface area contributed by atoms with E-state index in [4.69, 9.17) is 5.10 Å². The summed E-state index contributed by atoms with van der Waals surface area (Å²) in [6.45, 7) is 4.18. The van der Waals surface area contributed by atoms with Crippen molar-refractivity contribution in [1.82, 2.24) is 19.6 Å². The Balaban J connectivity index is 1.24. The number of hydrogen-bond donors (Lipinski definition) is 0. The Morgan fingerprint density at radius 1 is 0.935 bits per heavy atom. The highest BCUT2D eigenvalue weighted by Gasteiger charge is 2.31. The molecule has 2 fully saturated rings. The van der Waals surface area contributed by atoms with Gasteiger partial charge in [-0.25, -0.2) is 4.68 Å². The molecule has 1 aliphatic heterocycles. The zero-order valence-corrected chi connectivity index (χ0v) is 17.7. The minimum Gasteiger partial charge on any atom is -0.335 e. The fourth-order valence-corrected chi connectivity index (χ4v) is 4.09. The van der Waals surface area contributed by atoms with Crippen molar-refractivity contribution in [3.05, 3.63) is 89.8 Å². The summed E-state index contributed by atoms with van der Waals surface area (Å²) in [5.41, 5.74) is 3.90. The first kappa shape index (κ1) is 19.8. The van der Waals surface area contributed by atoms with Crippen molar-refractivity contribution >= 4 is 12.0 Å². The smallest absolute Gasteiger partial charge is 0.272 e. The largest absolute Gasteiger partial charge is 0.335 e. The number of aromatic nitrogens is 2. The maximum atomic E-state index is 13.4. The van der Waals surface area contributed by atoms with E-state index in [9.17, 15) is 4.79 Å². The van der Waals surface area contributed by atoms with Crippen LogP contribution in [0, 0.1) is 0 Å². The summed E-state index contributed by atoms with van der Waals surface area (Å²) < 4.78 is 1.84. The molecule has 0 atom stereocenters. The lowest BCUT2D eigenvalue weighted by molar-refractivity contribution is 0.0641. The molecule has 1 aliphatic carbocycles. The van der Waals surface area contributed by atoms with Gasteiger partial charge in [0.2, 0.25) is 0 Å². The molecule has 2 aromatic carbocycles. The summed E-state index contributed by atoms with van der Waals surface area (Å²) in [5, 5.41) is 4.79. The van der Waals surface area contributed by atoms with E-state index in [0.717, 1.165) is 44.1 Å². The highest BCUT2D eigenvalue weighted by Crippen LogP contribution is 2.39. The monoisotopic (exact) mass is 412 g/mol. The van der Waals surface area contributed by atoms with Crippen LogP contribution in [0.1, 0.15) is 40.5 Å². The quantitative estimate of drug-likeness (QED) is 0.609. The Morgan fingerprint density at radius 3 is 2.29 bits per heavy atom. The molecule has 2 aliphatic rings. The number of nitrogens with zero attached hydrogens (tertiary/aromatic N) is 4. The predicted octanol–water partition coefficient (Wildman–Crippen LogP) is 4.22. The normalized spacial score (nSPS) is 17.4. The molecule has 2 heterocycles. The van der Waals surface area contributed by atoms with Crippen LogP contribution in [0.25, 0.3) is 11.8 Å². The van der Waals surface area contributed by atoms with Crippen molar-refractivity contribution in [2.24, 2.45) is 0 Å². The minimum atomic E-state index is 0.0859. The second kappa shape index (κ2) is 8.90. The van der Waals surface area contributed by atoms with Gasteiger partial charge in [-0.05, 0) is 36.6 Å². The third-order valence-electron chi connectivity index (χ3n) is 6.08. The second-order valence-electron chi connectivity index (χ2n) is 8.38. The van der Waals surface area contributed by atoms with Crippen molar-refractivity contribution in [2.75, 3.05) is 32.7 Å². The van der Waals surface area contributed by atoms with E-state index >= 15 is 0 Å². The van der Waals surface area contributed by atoms with Gasteiger partial charge in [-0.15, -0.1) is 0 Å². The lowest BCUT2D eigenvalue weighted by Crippen LogP contribution is -2.49. The molecular weight excluding hydrogens is 384 g/mol. The molecule has 0 bridgehead atoms. The predicted molar refractivity (Wildman–Crippen MR) is 123 cm³/mol. The van der Waals surface area contributed by atoms with Crippen LogP contribution in [0.2, 0.25) is 0 Å². The van der Waals surface area contributed by atoms with E-state index in [1.807, 2.05) is 52.0 Å².